The Morgan fingerprint density at radius 2 is 2.19 bits per heavy atom. The molecule has 0 aliphatic carbocycles. The van der Waals surface area contributed by atoms with Crippen LogP contribution in [-0.4, -0.2) is 30.1 Å². The molecule has 1 aliphatic heterocycles. The largest absolute Gasteiger partial charge is 0.450 e. The maximum atomic E-state index is 13.8. The van der Waals surface area contributed by atoms with Crippen LogP contribution in [0.3, 0.4) is 0 Å². The number of anilines is 1. The predicted molar refractivity (Wildman–Crippen MR) is 94.5 cm³/mol. The van der Waals surface area contributed by atoms with Gasteiger partial charge in [0, 0.05) is 17.5 Å². The maximum Gasteiger partial charge on any atom is 0.410 e. The molecule has 0 fully saturated rings. The molecule has 0 unspecified atom stereocenters. The number of rotatable bonds is 3. The number of nitrogens with one attached hydrogen (secondary N) is 1. The molecule has 1 aromatic carbocycles. The summed E-state index contributed by atoms with van der Waals surface area (Å²) in [5, 5.41) is 12.3. The van der Waals surface area contributed by atoms with Gasteiger partial charge in [0.2, 0.25) is 0 Å². The second-order valence-electron chi connectivity index (χ2n) is 5.77. The third-order valence-corrected chi connectivity index (χ3v) is 5.23. The van der Waals surface area contributed by atoms with Gasteiger partial charge in [-0.05, 0) is 31.0 Å². The van der Waals surface area contributed by atoms with Gasteiger partial charge in [-0.1, -0.05) is 0 Å². The lowest BCUT2D eigenvalue weighted by atomic mass is 10.0. The van der Waals surface area contributed by atoms with Gasteiger partial charge in [-0.25, -0.2) is 13.6 Å². The number of fused-ring (bicyclic) bond motifs is 1. The fourth-order valence-electron chi connectivity index (χ4n) is 2.82. The molecule has 0 saturated heterocycles. The van der Waals surface area contributed by atoms with Crippen LogP contribution >= 0.6 is 11.3 Å². The van der Waals surface area contributed by atoms with Gasteiger partial charge in [0.25, 0.3) is 5.91 Å². The summed E-state index contributed by atoms with van der Waals surface area (Å²) < 4.78 is 31.8. The number of benzene rings is 1. The second kappa shape index (κ2) is 7.72. The van der Waals surface area contributed by atoms with Gasteiger partial charge in [0.05, 0.1) is 24.3 Å². The topological polar surface area (TPSA) is 82.4 Å². The summed E-state index contributed by atoms with van der Waals surface area (Å²) >= 11 is 1.16. The number of hydrogen-bond acceptors (Lipinski definition) is 5. The molecular weight excluding hydrogens is 376 g/mol. The number of ether oxygens (including phenoxy) is 1. The summed E-state index contributed by atoms with van der Waals surface area (Å²) in [6.07, 6.45) is 0.0166. The molecule has 2 amide bonds. The number of carbonyl (C=O) groups excluding carboxylic acids is 2. The van der Waals surface area contributed by atoms with Crippen molar-refractivity contribution in [3.05, 3.63) is 51.4 Å². The van der Waals surface area contributed by atoms with E-state index in [4.69, 9.17) is 4.74 Å². The molecule has 140 valence electrons. The Balaban J connectivity index is 1.84. The summed E-state index contributed by atoms with van der Waals surface area (Å²) in [7, 11) is 0. The number of halogens is 2. The Morgan fingerprint density at radius 3 is 2.85 bits per heavy atom. The zero-order valence-corrected chi connectivity index (χ0v) is 15.2. The van der Waals surface area contributed by atoms with E-state index >= 15 is 0 Å². The normalized spacial score (nSPS) is 12.9. The smallest absolute Gasteiger partial charge is 0.410 e. The van der Waals surface area contributed by atoms with E-state index in [1.165, 1.54) is 4.90 Å². The SMILES string of the molecule is CCOC(=O)N1CCc2c(sc(NC(=O)c3ccc(F)cc3F)c2C#N)C1. The highest BCUT2D eigenvalue weighted by molar-refractivity contribution is 7.16. The van der Waals surface area contributed by atoms with E-state index < -0.39 is 23.6 Å². The van der Waals surface area contributed by atoms with Gasteiger partial charge in [0.1, 0.15) is 22.7 Å². The van der Waals surface area contributed by atoms with Crippen molar-refractivity contribution < 1.29 is 23.1 Å². The van der Waals surface area contributed by atoms with Gasteiger partial charge in [-0.2, -0.15) is 5.26 Å². The predicted octanol–water partition coefficient (Wildman–Crippen LogP) is 3.66. The lowest BCUT2D eigenvalue weighted by Gasteiger charge is -2.25. The zero-order chi connectivity index (χ0) is 19.6. The summed E-state index contributed by atoms with van der Waals surface area (Å²) in [5.74, 6) is -2.54. The Kier molecular flexibility index (Phi) is 5.37. The molecule has 9 heteroatoms. The summed E-state index contributed by atoms with van der Waals surface area (Å²) in [4.78, 5) is 26.5. The average molecular weight is 391 g/mol. The average Bonchev–Trinajstić information content (AvgIpc) is 2.97. The van der Waals surface area contributed by atoms with Crippen LogP contribution in [0.1, 0.15) is 33.3 Å². The Labute approximate surface area is 158 Å². The first-order chi connectivity index (χ1) is 12.9. The molecule has 2 heterocycles. The van der Waals surface area contributed by atoms with Crippen LogP contribution in [-0.2, 0) is 17.7 Å². The second-order valence-corrected chi connectivity index (χ2v) is 6.87. The summed E-state index contributed by atoms with van der Waals surface area (Å²) in [5.41, 5.74) is 0.743. The zero-order valence-electron chi connectivity index (χ0n) is 14.3. The first-order valence-corrected chi connectivity index (χ1v) is 8.99. The Hall–Kier alpha value is -2.99. The molecular formula is C18H15F2N3O3S. The third kappa shape index (κ3) is 3.75. The minimum atomic E-state index is -0.985. The number of thiophene rings is 1. The molecule has 27 heavy (non-hydrogen) atoms. The molecule has 3 rings (SSSR count). The van der Waals surface area contributed by atoms with Crippen molar-refractivity contribution in [3.63, 3.8) is 0 Å². The van der Waals surface area contributed by atoms with E-state index in [0.717, 1.165) is 33.9 Å². The molecule has 0 bridgehead atoms. The highest BCUT2D eigenvalue weighted by Crippen LogP contribution is 2.37. The van der Waals surface area contributed by atoms with Crippen molar-refractivity contribution in [2.24, 2.45) is 0 Å². The third-order valence-electron chi connectivity index (χ3n) is 4.10. The fraction of sp³-hybridized carbons (Fsp3) is 0.278. The van der Waals surface area contributed by atoms with Crippen LogP contribution < -0.4 is 5.32 Å². The molecule has 0 saturated carbocycles. The maximum absolute atomic E-state index is 13.8. The van der Waals surface area contributed by atoms with Crippen LogP contribution in [0.25, 0.3) is 0 Å². The molecule has 0 radical (unpaired) electrons. The van der Waals surface area contributed by atoms with Crippen molar-refractivity contribution in [2.45, 2.75) is 19.9 Å². The van der Waals surface area contributed by atoms with E-state index in [2.05, 4.69) is 11.4 Å². The first kappa shape index (κ1) is 18.8. The molecule has 1 aromatic heterocycles. The van der Waals surface area contributed by atoms with Gasteiger partial charge < -0.3 is 15.0 Å². The number of amides is 2. The molecule has 0 spiro atoms. The van der Waals surface area contributed by atoms with Gasteiger partial charge in [-0.3, -0.25) is 4.79 Å². The number of hydrogen-bond donors (Lipinski definition) is 1. The summed E-state index contributed by atoms with van der Waals surface area (Å²) in [6, 6.07) is 4.71. The lowest BCUT2D eigenvalue weighted by molar-refractivity contribution is 0.101. The minimum Gasteiger partial charge on any atom is -0.450 e. The van der Waals surface area contributed by atoms with Crippen LogP contribution in [0.5, 0.6) is 0 Å². The Bertz CT molecular complexity index is 952. The van der Waals surface area contributed by atoms with Gasteiger partial charge >= 0.3 is 6.09 Å². The highest BCUT2D eigenvalue weighted by atomic mass is 32.1. The van der Waals surface area contributed by atoms with E-state index in [1.807, 2.05) is 0 Å². The molecule has 1 aliphatic rings. The van der Waals surface area contributed by atoms with Crippen molar-refractivity contribution in [3.8, 4) is 6.07 Å². The molecule has 1 N–H and O–H groups in total. The van der Waals surface area contributed by atoms with Crippen molar-refractivity contribution in [1.82, 2.24) is 4.90 Å². The standard InChI is InChI=1S/C18H15F2N3O3S/c1-2-26-18(25)23-6-5-11-13(8-21)17(27-15(11)9-23)22-16(24)12-4-3-10(19)7-14(12)20/h3-4,7H,2,5-6,9H2,1H3,(H,22,24). The quantitative estimate of drug-likeness (QED) is 0.866. The van der Waals surface area contributed by atoms with E-state index in [9.17, 15) is 23.6 Å². The lowest BCUT2D eigenvalue weighted by Crippen LogP contribution is -2.35. The van der Waals surface area contributed by atoms with Crippen LogP contribution in [0.4, 0.5) is 18.6 Å². The van der Waals surface area contributed by atoms with E-state index in [-0.39, 0.29) is 23.7 Å². The molecule has 0 atom stereocenters. The highest BCUT2D eigenvalue weighted by Gasteiger charge is 2.28. The van der Waals surface area contributed by atoms with E-state index in [1.54, 1.807) is 6.92 Å². The van der Waals surface area contributed by atoms with Crippen molar-refractivity contribution >= 4 is 28.3 Å². The first-order valence-electron chi connectivity index (χ1n) is 8.17. The number of carbonyl (C=O) groups is 2. The van der Waals surface area contributed by atoms with Crippen LogP contribution in [0, 0.1) is 23.0 Å². The van der Waals surface area contributed by atoms with Crippen molar-refractivity contribution in [1.29, 1.82) is 5.26 Å². The van der Waals surface area contributed by atoms with Crippen LogP contribution in [0.2, 0.25) is 0 Å². The Morgan fingerprint density at radius 1 is 1.41 bits per heavy atom. The number of nitrogens with zero attached hydrogens (tertiary/aromatic N) is 2. The molecule has 2 aromatic rings. The fourth-order valence-corrected chi connectivity index (χ4v) is 4.03. The molecule has 6 nitrogen and oxygen atoms in total. The van der Waals surface area contributed by atoms with Gasteiger partial charge in [0.15, 0.2) is 0 Å². The minimum absolute atomic E-state index is 0.265. The number of nitriles is 1. The van der Waals surface area contributed by atoms with E-state index in [0.29, 0.717) is 24.6 Å². The monoisotopic (exact) mass is 391 g/mol. The van der Waals surface area contributed by atoms with Gasteiger partial charge in [-0.15, -0.1) is 11.3 Å². The van der Waals surface area contributed by atoms with Crippen LogP contribution in [0.15, 0.2) is 18.2 Å². The summed E-state index contributed by atoms with van der Waals surface area (Å²) in [6.45, 7) is 2.65. The van der Waals surface area contributed by atoms with Crippen molar-refractivity contribution in [2.75, 3.05) is 18.5 Å².